The maximum absolute atomic E-state index is 13.7. The lowest BCUT2D eigenvalue weighted by Crippen LogP contribution is -2.05. The van der Waals surface area contributed by atoms with Gasteiger partial charge in [-0.25, -0.2) is 4.39 Å². The number of aromatic nitrogens is 1. The quantitative estimate of drug-likeness (QED) is 0.862. The van der Waals surface area contributed by atoms with Crippen LogP contribution in [0.5, 0.6) is 0 Å². The van der Waals surface area contributed by atoms with E-state index in [9.17, 15) is 9.50 Å². The second-order valence-corrected chi connectivity index (χ2v) is 4.19. The van der Waals surface area contributed by atoms with E-state index in [-0.39, 0.29) is 5.56 Å². The van der Waals surface area contributed by atoms with Gasteiger partial charge in [0.15, 0.2) is 0 Å². The van der Waals surface area contributed by atoms with Crippen molar-refractivity contribution in [1.29, 1.82) is 0 Å². The number of nitrogens with zero attached hydrogens (tertiary/aromatic N) is 1. The minimum Gasteiger partial charge on any atom is -0.382 e. The van der Waals surface area contributed by atoms with Gasteiger partial charge in [-0.15, -0.1) is 0 Å². The van der Waals surface area contributed by atoms with E-state index in [1.807, 2.05) is 19.9 Å². The summed E-state index contributed by atoms with van der Waals surface area (Å²) in [6.07, 6.45) is 0.593. The van der Waals surface area contributed by atoms with Crippen LogP contribution in [0.3, 0.4) is 0 Å². The van der Waals surface area contributed by atoms with Crippen LogP contribution in [0.25, 0.3) is 0 Å². The summed E-state index contributed by atoms with van der Waals surface area (Å²) in [7, 11) is 0. The minimum atomic E-state index is -1.02. The zero-order chi connectivity index (χ0) is 12.4. The van der Waals surface area contributed by atoms with Gasteiger partial charge in [-0.3, -0.25) is 4.98 Å². The maximum Gasteiger partial charge on any atom is 0.129 e. The SMILES string of the molecule is Cc1ccnc(C(O)c2ccc(C)cc2F)c1. The molecule has 0 fully saturated rings. The molecule has 0 radical (unpaired) electrons. The summed E-state index contributed by atoms with van der Waals surface area (Å²) < 4.78 is 13.7. The third kappa shape index (κ3) is 2.50. The smallest absolute Gasteiger partial charge is 0.129 e. The van der Waals surface area contributed by atoms with Gasteiger partial charge >= 0.3 is 0 Å². The Bertz CT molecular complexity index is 539. The molecule has 0 amide bonds. The predicted octanol–water partition coefficient (Wildman–Crippen LogP) is 2.92. The van der Waals surface area contributed by atoms with Gasteiger partial charge in [-0.05, 0) is 43.2 Å². The maximum atomic E-state index is 13.7. The van der Waals surface area contributed by atoms with Crippen LogP contribution in [0.1, 0.15) is 28.5 Å². The Morgan fingerprint density at radius 2 is 1.82 bits per heavy atom. The van der Waals surface area contributed by atoms with E-state index in [0.29, 0.717) is 5.69 Å². The number of pyridine rings is 1. The summed E-state index contributed by atoms with van der Waals surface area (Å²) in [5.74, 6) is -0.402. The van der Waals surface area contributed by atoms with Gasteiger partial charge < -0.3 is 5.11 Å². The van der Waals surface area contributed by atoms with Crippen molar-refractivity contribution in [1.82, 2.24) is 4.98 Å². The van der Waals surface area contributed by atoms with Crippen LogP contribution in [0.2, 0.25) is 0 Å². The number of aliphatic hydroxyl groups excluding tert-OH is 1. The highest BCUT2D eigenvalue weighted by Crippen LogP contribution is 2.23. The van der Waals surface area contributed by atoms with E-state index in [1.54, 1.807) is 24.4 Å². The largest absolute Gasteiger partial charge is 0.382 e. The van der Waals surface area contributed by atoms with Crippen molar-refractivity contribution in [2.75, 3.05) is 0 Å². The van der Waals surface area contributed by atoms with Crippen molar-refractivity contribution < 1.29 is 9.50 Å². The highest BCUT2D eigenvalue weighted by Gasteiger charge is 2.16. The molecule has 3 heteroatoms. The van der Waals surface area contributed by atoms with Crippen molar-refractivity contribution in [2.45, 2.75) is 20.0 Å². The molecule has 1 N–H and O–H groups in total. The van der Waals surface area contributed by atoms with Gasteiger partial charge in [0.2, 0.25) is 0 Å². The Morgan fingerprint density at radius 3 is 2.47 bits per heavy atom. The average Bonchev–Trinajstić information content (AvgIpc) is 2.28. The summed E-state index contributed by atoms with van der Waals surface area (Å²) in [6, 6.07) is 8.37. The molecule has 0 saturated heterocycles. The molecular weight excluding hydrogens is 217 g/mol. The average molecular weight is 231 g/mol. The third-order valence-corrected chi connectivity index (χ3v) is 2.67. The molecule has 0 bridgehead atoms. The van der Waals surface area contributed by atoms with Crippen molar-refractivity contribution in [2.24, 2.45) is 0 Å². The zero-order valence-electron chi connectivity index (χ0n) is 9.81. The zero-order valence-corrected chi connectivity index (χ0v) is 9.81. The Morgan fingerprint density at radius 1 is 1.12 bits per heavy atom. The number of halogens is 1. The van der Waals surface area contributed by atoms with Gasteiger partial charge in [0.1, 0.15) is 11.9 Å². The van der Waals surface area contributed by atoms with Gasteiger partial charge in [-0.1, -0.05) is 12.1 Å². The molecule has 0 saturated carbocycles. The predicted molar refractivity (Wildman–Crippen MR) is 64.2 cm³/mol. The van der Waals surface area contributed by atoms with E-state index in [1.165, 1.54) is 6.07 Å². The van der Waals surface area contributed by atoms with E-state index >= 15 is 0 Å². The first kappa shape index (κ1) is 11.7. The summed E-state index contributed by atoms with van der Waals surface area (Å²) in [5, 5.41) is 10.1. The van der Waals surface area contributed by atoms with Crippen molar-refractivity contribution in [3.8, 4) is 0 Å². The fourth-order valence-corrected chi connectivity index (χ4v) is 1.72. The number of benzene rings is 1. The standard InChI is InChI=1S/C14H14FNO/c1-9-3-4-11(12(15)7-9)14(17)13-8-10(2)5-6-16-13/h3-8,14,17H,1-2H3. The highest BCUT2D eigenvalue weighted by atomic mass is 19.1. The lowest BCUT2D eigenvalue weighted by molar-refractivity contribution is 0.210. The second-order valence-electron chi connectivity index (χ2n) is 4.19. The summed E-state index contributed by atoms with van der Waals surface area (Å²) >= 11 is 0. The molecule has 2 nitrogen and oxygen atoms in total. The molecule has 1 aromatic carbocycles. The van der Waals surface area contributed by atoms with E-state index in [4.69, 9.17) is 0 Å². The molecule has 1 unspecified atom stereocenters. The minimum absolute atomic E-state index is 0.258. The topological polar surface area (TPSA) is 33.1 Å². The Kier molecular flexibility index (Phi) is 3.20. The lowest BCUT2D eigenvalue weighted by atomic mass is 10.0. The van der Waals surface area contributed by atoms with Crippen LogP contribution in [0.4, 0.5) is 4.39 Å². The number of aliphatic hydroxyl groups is 1. The van der Waals surface area contributed by atoms with Crippen LogP contribution in [0.15, 0.2) is 36.5 Å². The molecule has 0 aliphatic rings. The van der Waals surface area contributed by atoms with E-state index < -0.39 is 11.9 Å². The third-order valence-electron chi connectivity index (χ3n) is 2.67. The lowest BCUT2D eigenvalue weighted by Gasteiger charge is -2.12. The molecule has 1 atom stereocenters. The molecule has 1 aromatic heterocycles. The Balaban J connectivity index is 2.40. The molecule has 17 heavy (non-hydrogen) atoms. The van der Waals surface area contributed by atoms with Crippen molar-refractivity contribution >= 4 is 0 Å². The van der Waals surface area contributed by atoms with Gasteiger partial charge in [-0.2, -0.15) is 0 Å². The van der Waals surface area contributed by atoms with E-state index in [2.05, 4.69) is 4.98 Å². The molecule has 0 spiro atoms. The van der Waals surface area contributed by atoms with Crippen LogP contribution in [-0.4, -0.2) is 10.1 Å². The van der Waals surface area contributed by atoms with Crippen molar-refractivity contribution in [3.05, 3.63) is 64.7 Å². The molecule has 2 rings (SSSR count). The molecule has 0 aliphatic carbocycles. The second kappa shape index (κ2) is 4.63. The van der Waals surface area contributed by atoms with Gasteiger partial charge in [0.25, 0.3) is 0 Å². The van der Waals surface area contributed by atoms with Crippen LogP contribution in [0, 0.1) is 19.7 Å². The molecule has 0 aliphatic heterocycles. The first-order chi connectivity index (χ1) is 8.08. The molecule has 1 heterocycles. The number of hydrogen-bond donors (Lipinski definition) is 1. The summed E-state index contributed by atoms with van der Waals surface area (Å²) in [6.45, 7) is 3.72. The van der Waals surface area contributed by atoms with Crippen LogP contribution >= 0.6 is 0 Å². The fourth-order valence-electron chi connectivity index (χ4n) is 1.72. The van der Waals surface area contributed by atoms with Crippen molar-refractivity contribution in [3.63, 3.8) is 0 Å². The summed E-state index contributed by atoms with van der Waals surface area (Å²) in [4.78, 5) is 4.06. The summed E-state index contributed by atoms with van der Waals surface area (Å²) in [5.41, 5.74) is 2.54. The molecule has 2 aromatic rings. The fraction of sp³-hybridized carbons (Fsp3) is 0.214. The number of aryl methyl sites for hydroxylation is 2. The Labute approximate surface area is 99.8 Å². The monoisotopic (exact) mass is 231 g/mol. The Hall–Kier alpha value is -1.74. The normalized spacial score (nSPS) is 12.5. The highest BCUT2D eigenvalue weighted by molar-refractivity contribution is 5.31. The van der Waals surface area contributed by atoms with Crippen LogP contribution in [-0.2, 0) is 0 Å². The first-order valence-corrected chi connectivity index (χ1v) is 5.44. The molecular formula is C14H14FNO. The van der Waals surface area contributed by atoms with Gasteiger partial charge in [0, 0.05) is 11.8 Å². The van der Waals surface area contributed by atoms with E-state index in [0.717, 1.165) is 11.1 Å². The van der Waals surface area contributed by atoms with Crippen LogP contribution < -0.4 is 0 Å². The molecule has 88 valence electrons. The van der Waals surface area contributed by atoms with Gasteiger partial charge in [0.05, 0.1) is 5.69 Å². The first-order valence-electron chi connectivity index (χ1n) is 5.44. The number of hydrogen-bond acceptors (Lipinski definition) is 2. The number of rotatable bonds is 2.